The fourth-order valence-electron chi connectivity index (χ4n) is 1.94. The first-order valence-electron chi connectivity index (χ1n) is 5.48. The quantitative estimate of drug-likeness (QED) is 0.690. The molecule has 0 radical (unpaired) electrons. The van der Waals surface area contributed by atoms with Crippen molar-refractivity contribution >= 4 is 5.65 Å². The highest BCUT2D eigenvalue weighted by Gasteiger charge is 2.06. The Bertz CT molecular complexity index is 686. The maximum absolute atomic E-state index is 9.70. The highest BCUT2D eigenvalue weighted by Crippen LogP contribution is 2.23. The number of rotatable bonds is 1. The van der Waals surface area contributed by atoms with E-state index in [0.717, 1.165) is 11.3 Å². The van der Waals surface area contributed by atoms with E-state index in [1.165, 1.54) is 5.56 Å². The fraction of sp³-hybridized carbons (Fsp3) is 0.0714. The summed E-state index contributed by atoms with van der Waals surface area (Å²) in [5, 5.41) is 9.70. The van der Waals surface area contributed by atoms with Crippen molar-refractivity contribution in [3.05, 3.63) is 54.4 Å². The number of nitrogens with zero attached hydrogens (tertiary/aromatic N) is 2. The maximum Gasteiger partial charge on any atom is 0.180 e. The van der Waals surface area contributed by atoms with E-state index in [-0.39, 0.29) is 5.75 Å². The van der Waals surface area contributed by atoms with Gasteiger partial charge in [0, 0.05) is 18.0 Å². The van der Waals surface area contributed by atoms with Gasteiger partial charge in [-0.15, -0.1) is 0 Å². The topological polar surface area (TPSA) is 37.5 Å². The lowest BCUT2D eigenvalue weighted by atomic mass is 10.1. The highest BCUT2D eigenvalue weighted by atomic mass is 16.3. The third kappa shape index (κ3) is 1.65. The summed E-state index contributed by atoms with van der Waals surface area (Å²) < 4.78 is 1.83. The minimum absolute atomic E-state index is 0.200. The first-order chi connectivity index (χ1) is 8.24. The molecule has 0 saturated heterocycles. The second-order valence-electron chi connectivity index (χ2n) is 4.12. The van der Waals surface area contributed by atoms with E-state index in [4.69, 9.17) is 0 Å². The van der Waals surface area contributed by atoms with Crippen LogP contribution >= 0.6 is 0 Å². The molecule has 0 aliphatic rings. The van der Waals surface area contributed by atoms with E-state index in [1.807, 2.05) is 28.9 Å². The number of pyridine rings is 1. The average Bonchev–Trinajstić information content (AvgIpc) is 2.74. The van der Waals surface area contributed by atoms with Gasteiger partial charge < -0.3 is 9.51 Å². The van der Waals surface area contributed by atoms with Crippen LogP contribution in [0.25, 0.3) is 16.9 Å². The van der Waals surface area contributed by atoms with Crippen LogP contribution in [0.3, 0.4) is 0 Å². The molecule has 0 amide bonds. The molecular formula is C14H12N2O. The van der Waals surface area contributed by atoms with Gasteiger partial charge in [0.05, 0.1) is 5.69 Å². The molecule has 2 aromatic heterocycles. The van der Waals surface area contributed by atoms with Crippen molar-refractivity contribution < 1.29 is 5.11 Å². The zero-order valence-electron chi connectivity index (χ0n) is 9.46. The van der Waals surface area contributed by atoms with Crippen LogP contribution in [0, 0.1) is 6.92 Å². The summed E-state index contributed by atoms with van der Waals surface area (Å²) in [6.45, 7) is 2.05. The molecule has 2 heterocycles. The van der Waals surface area contributed by atoms with Crippen LogP contribution in [0.4, 0.5) is 0 Å². The first-order valence-corrected chi connectivity index (χ1v) is 5.48. The van der Waals surface area contributed by atoms with Crippen LogP contribution in [0.15, 0.2) is 48.8 Å². The smallest absolute Gasteiger partial charge is 0.180 e. The molecule has 3 aromatic rings. The molecule has 3 heteroatoms. The number of aromatic nitrogens is 2. The number of hydrogen-bond donors (Lipinski definition) is 1. The minimum atomic E-state index is 0.200. The van der Waals surface area contributed by atoms with Crippen molar-refractivity contribution in [2.75, 3.05) is 0 Å². The normalized spacial score (nSPS) is 10.9. The summed E-state index contributed by atoms with van der Waals surface area (Å²) in [6, 6.07) is 11.6. The molecule has 0 aliphatic carbocycles. The lowest BCUT2D eigenvalue weighted by Gasteiger charge is -1.96. The Hall–Kier alpha value is -2.29. The Morgan fingerprint density at radius 2 is 2.06 bits per heavy atom. The molecule has 84 valence electrons. The first kappa shape index (κ1) is 9.90. The van der Waals surface area contributed by atoms with E-state index >= 15 is 0 Å². The predicted octanol–water partition coefficient (Wildman–Crippen LogP) is 3.02. The number of fused-ring (bicyclic) bond motifs is 1. The van der Waals surface area contributed by atoms with Crippen LogP contribution in [-0.4, -0.2) is 14.5 Å². The molecule has 0 fully saturated rings. The summed E-state index contributed by atoms with van der Waals surface area (Å²) in [5.74, 6) is 0.200. The molecule has 0 aliphatic heterocycles. The highest BCUT2D eigenvalue weighted by molar-refractivity contribution is 5.66. The summed E-state index contributed by atoms with van der Waals surface area (Å²) in [5.41, 5.74) is 3.72. The van der Waals surface area contributed by atoms with Gasteiger partial charge in [-0.25, -0.2) is 4.98 Å². The number of benzene rings is 1. The molecule has 17 heavy (non-hydrogen) atoms. The van der Waals surface area contributed by atoms with Crippen molar-refractivity contribution in [3.8, 4) is 17.0 Å². The van der Waals surface area contributed by atoms with E-state index < -0.39 is 0 Å². The van der Waals surface area contributed by atoms with Crippen LogP contribution in [0.1, 0.15) is 5.56 Å². The Morgan fingerprint density at radius 1 is 1.18 bits per heavy atom. The van der Waals surface area contributed by atoms with Crippen LogP contribution < -0.4 is 0 Å². The SMILES string of the molecule is Cc1cccc(-c2cn3cccc(O)c3n2)c1. The van der Waals surface area contributed by atoms with E-state index in [2.05, 4.69) is 24.0 Å². The number of imidazole rings is 1. The third-order valence-corrected chi connectivity index (χ3v) is 2.78. The Labute approximate surface area is 99.0 Å². The summed E-state index contributed by atoms with van der Waals surface area (Å²) in [6.07, 6.45) is 3.80. The van der Waals surface area contributed by atoms with Crippen molar-refractivity contribution in [1.29, 1.82) is 0 Å². The zero-order chi connectivity index (χ0) is 11.8. The Kier molecular flexibility index (Phi) is 2.11. The van der Waals surface area contributed by atoms with E-state index in [0.29, 0.717) is 5.65 Å². The van der Waals surface area contributed by atoms with Gasteiger partial charge in [0.25, 0.3) is 0 Å². The average molecular weight is 224 g/mol. The zero-order valence-corrected chi connectivity index (χ0v) is 9.46. The van der Waals surface area contributed by atoms with Gasteiger partial charge >= 0.3 is 0 Å². The van der Waals surface area contributed by atoms with Crippen molar-refractivity contribution in [1.82, 2.24) is 9.38 Å². The molecule has 0 bridgehead atoms. The number of hydrogen-bond acceptors (Lipinski definition) is 2. The second kappa shape index (κ2) is 3.63. The number of aryl methyl sites for hydroxylation is 1. The summed E-state index contributed by atoms with van der Waals surface area (Å²) in [4.78, 5) is 4.44. The maximum atomic E-state index is 9.70. The van der Waals surface area contributed by atoms with Gasteiger partial charge in [0.1, 0.15) is 0 Å². The van der Waals surface area contributed by atoms with Gasteiger partial charge in [-0.2, -0.15) is 0 Å². The van der Waals surface area contributed by atoms with Crippen molar-refractivity contribution in [3.63, 3.8) is 0 Å². The second-order valence-corrected chi connectivity index (χ2v) is 4.12. The fourth-order valence-corrected chi connectivity index (χ4v) is 1.94. The molecule has 1 aromatic carbocycles. The van der Waals surface area contributed by atoms with Crippen LogP contribution in [0.2, 0.25) is 0 Å². The van der Waals surface area contributed by atoms with Crippen LogP contribution in [0.5, 0.6) is 5.75 Å². The standard InChI is InChI=1S/C14H12N2O/c1-10-4-2-5-11(8-10)12-9-16-7-3-6-13(17)14(16)15-12/h2-9,17H,1H3. The van der Waals surface area contributed by atoms with Crippen LogP contribution in [-0.2, 0) is 0 Å². The molecule has 0 atom stereocenters. The van der Waals surface area contributed by atoms with Gasteiger partial charge in [0.2, 0.25) is 0 Å². The summed E-state index contributed by atoms with van der Waals surface area (Å²) >= 11 is 0. The summed E-state index contributed by atoms with van der Waals surface area (Å²) in [7, 11) is 0. The minimum Gasteiger partial charge on any atom is -0.504 e. The van der Waals surface area contributed by atoms with Crippen molar-refractivity contribution in [2.24, 2.45) is 0 Å². The molecule has 3 rings (SSSR count). The predicted molar refractivity (Wildman–Crippen MR) is 67.0 cm³/mol. The van der Waals surface area contributed by atoms with Gasteiger partial charge in [-0.1, -0.05) is 23.8 Å². The lowest BCUT2D eigenvalue weighted by molar-refractivity contribution is 0.477. The number of aromatic hydroxyl groups is 1. The van der Waals surface area contributed by atoms with Crippen molar-refractivity contribution in [2.45, 2.75) is 6.92 Å². The van der Waals surface area contributed by atoms with E-state index in [1.54, 1.807) is 12.1 Å². The molecular weight excluding hydrogens is 212 g/mol. The Balaban J connectivity index is 2.22. The van der Waals surface area contributed by atoms with Gasteiger partial charge in [0.15, 0.2) is 11.4 Å². The molecule has 1 N–H and O–H groups in total. The third-order valence-electron chi connectivity index (χ3n) is 2.78. The molecule has 0 spiro atoms. The molecule has 0 unspecified atom stereocenters. The monoisotopic (exact) mass is 224 g/mol. The van der Waals surface area contributed by atoms with Gasteiger partial charge in [-0.05, 0) is 25.1 Å². The molecule has 0 saturated carbocycles. The largest absolute Gasteiger partial charge is 0.504 e. The molecule has 3 nitrogen and oxygen atoms in total. The Morgan fingerprint density at radius 3 is 2.82 bits per heavy atom. The lowest BCUT2D eigenvalue weighted by Crippen LogP contribution is -1.80. The van der Waals surface area contributed by atoms with E-state index in [9.17, 15) is 5.11 Å². The van der Waals surface area contributed by atoms with Gasteiger partial charge in [-0.3, -0.25) is 0 Å².